The normalized spacial score (nSPS) is 10.3. The van der Waals surface area contributed by atoms with Gasteiger partial charge in [-0.3, -0.25) is 4.79 Å². The van der Waals surface area contributed by atoms with Gasteiger partial charge in [-0.15, -0.1) is 0 Å². The highest BCUT2D eigenvalue weighted by Gasteiger charge is 2.08. The fourth-order valence-electron chi connectivity index (χ4n) is 2.43. The summed E-state index contributed by atoms with van der Waals surface area (Å²) in [5.41, 5.74) is 1.81. The number of hydrogen-bond donors (Lipinski definition) is 2. The zero-order valence-corrected chi connectivity index (χ0v) is 14.8. The first-order chi connectivity index (χ1) is 13.1. The molecule has 1 amide bonds. The van der Waals surface area contributed by atoms with E-state index in [0.29, 0.717) is 18.1 Å². The SMILES string of the molecule is COc1cccc(CCNc2cnc(C(=O)Nc3ccc(F)cc3)cn2)c1. The number of nitrogens with zero attached hydrogens (tertiary/aromatic N) is 2. The van der Waals surface area contributed by atoms with Crippen molar-refractivity contribution in [2.45, 2.75) is 6.42 Å². The monoisotopic (exact) mass is 366 g/mol. The molecular formula is C20H19FN4O2. The topological polar surface area (TPSA) is 76.1 Å². The van der Waals surface area contributed by atoms with Crippen molar-refractivity contribution in [3.05, 3.63) is 78.0 Å². The first-order valence-corrected chi connectivity index (χ1v) is 8.40. The van der Waals surface area contributed by atoms with E-state index in [1.54, 1.807) is 7.11 Å². The van der Waals surface area contributed by atoms with Crippen molar-refractivity contribution in [2.75, 3.05) is 24.3 Å². The van der Waals surface area contributed by atoms with Crippen molar-refractivity contribution in [3.8, 4) is 5.75 Å². The lowest BCUT2D eigenvalue weighted by Gasteiger charge is -2.08. The predicted octanol–water partition coefficient (Wildman–Crippen LogP) is 3.53. The third-order valence-electron chi connectivity index (χ3n) is 3.84. The number of halogens is 1. The first-order valence-electron chi connectivity index (χ1n) is 8.40. The van der Waals surface area contributed by atoms with Crippen molar-refractivity contribution in [1.82, 2.24) is 9.97 Å². The second-order valence-electron chi connectivity index (χ2n) is 5.78. The number of benzene rings is 2. The summed E-state index contributed by atoms with van der Waals surface area (Å²) < 4.78 is 18.1. The number of rotatable bonds is 7. The summed E-state index contributed by atoms with van der Waals surface area (Å²) >= 11 is 0. The number of carbonyl (C=O) groups is 1. The smallest absolute Gasteiger partial charge is 0.275 e. The molecule has 3 rings (SSSR count). The van der Waals surface area contributed by atoms with Gasteiger partial charge in [-0.05, 0) is 48.4 Å². The summed E-state index contributed by atoms with van der Waals surface area (Å²) in [6.07, 6.45) is 3.70. The molecule has 0 bridgehead atoms. The molecule has 138 valence electrons. The van der Waals surface area contributed by atoms with Crippen LogP contribution in [0.3, 0.4) is 0 Å². The molecule has 0 unspecified atom stereocenters. The number of nitrogens with one attached hydrogen (secondary N) is 2. The van der Waals surface area contributed by atoms with E-state index in [2.05, 4.69) is 20.6 Å². The van der Waals surface area contributed by atoms with Gasteiger partial charge in [0.2, 0.25) is 0 Å². The Morgan fingerprint density at radius 3 is 2.63 bits per heavy atom. The van der Waals surface area contributed by atoms with E-state index in [-0.39, 0.29) is 11.5 Å². The van der Waals surface area contributed by atoms with Crippen LogP contribution in [0.5, 0.6) is 5.75 Å². The summed E-state index contributed by atoms with van der Waals surface area (Å²) in [5.74, 6) is 0.634. The Balaban J connectivity index is 1.52. The van der Waals surface area contributed by atoms with Crippen LogP contribution < -0.4 is 15.4 Å². The van der Waals surface area contributed by atoms with Crippen molar-refractivity contribution in [2.24, 2.45) is 0 Å². The highest BCUT2D eigenvalue weighted by molar-refractivity contribution is 6.02. The number of amides is 1. The third-order valence-corrected chi connectivity index (χ3v) is 3.84. The summed E-state index contributed by atoms with van der Waals surface area (Å²) in [7, 11) is 1.64. The van der Waals surface area contributed by atoms with E-state index in [0.717, 1.165) is 17.7 Å². The number of ether oxygens (including phenoxy) is 1. The molecule has 0 fully saturated rings. The van der Waals surface area contributed by atoms with Gasteiger partial charge >= 0.3 is 0 Å². The highest BCUT2D eigenvalue weighted by Crippen LogP contribution is 2.13. The quantitative estimate of drug-likeness (QED) is 0.669. The molecular weight excluding hydrogens is 347 g/mol. The van der Waals surface area contributed by atoms with Crippen molar-refractivity contribution in [3.63, 3.8) is 0 Å². The minimum absolute atomic E-state index is 0.178. The summed E-state index contributed by atoms with van der Waals surface area (Å²) in [4.78, 5) is 20.4. The van der Waals surface area contributed by atoms with Gasteiger partial charge in [0.15, 0.2) is 0 Å². The average Bonchev–Trinajstić information content (AvgIpc) is 2.70. The molecule has 2 aromatic carbocycles. The van der Waals surface area contributed by atoms with Crippen LogP contribution in [0.2, 0.25) is 0 Å². The van der Waals surface area contributed by atoms with Gasteiger partial charge in [-0.1, -0.05) is 12.1 Å². The number of carbonyl (C=O) groups excluding carboxylic acids is 1. The van der Waals surface area contributed by atoms with Gasteiger partial charge < -0.3 is 15.4 Å². The molecule has 6 nitrogen and oxygen atoms in total. The molecule has 1 heterocycles. The largest absolute Gasteiger partial charge is 0.497 e. The molecule has 0 atom stereocenters. The molecule has 2 N–H and O–H groups in total. The Morgan fingerprint density at radius 2 is 1.93 bits per heavy atom. The van der Waals surface area contributed by atoms with Gasteiger partial charge in [0.25, 0.3) is 5.91 Å². The van der Waals surface area contributed by atoms with Crippen molar-refractivity contribution in [1.29, 1.82) is 0 Å². The lowest BCUT2D eigenvalue weighted by Crippen LogP contribution is -2.15. The lowest BCUT2D eigenvalue weighted by molar-refractivity contribution is 0.102. The van der Waals surface area contributed by atoms with Crippen molar-refractivity contribution < 1.29 is 13.9 Å². The summed E-state index contributed by atoms with van der Waals surface area (Å²) in [6, 6.07) is 13.4. The Bertz CT molecular complexity index is 899. The Morgan fingerprint density at radius 1 is 1.11 bits per heavy atom. The van der Waals surface area contributed by atoms with Gasteiger partial charge in [0, 0.05) is 12.2 Å². The molecule has 27 heavy (non-hydrogen) atoms. The fourth-order valence-corrected chi connectivity index (χ4v) is 2.43. The molecule has 0 saturated heterocycles. The number of aromatic nitrogens is 2. The Kier molecular flexibility index (Phi) is 5.94. The number of methoxy groups -OCH3 is 1. The Labute approximate surface area is 156 Å². The van der Waals surface area contributed by atoms with Crippen LogP contribution in [-0.4, -0.2) is 29.5 Å². The maximum absolute atomic E-state index is 12.9. The van der Waals surface area contributed by atoms with E-state index in [1.165, 1.54) is 36.7 Å². The van der Waals surface area contributed by atoms with Gasteiger partial charge in [-0.2, -0.15) is 0 Å². The zero-order chi connectivity index (χ0) is 19.1. The minimum Gasteiger partial charge on any atom is -0.497 e. The van der Waals surface area contributed by atoms with Gasteiger partial charge in [0.05, 0.1) is 19.5 Å². The van der Waals surface area contributed by atoms with Crippen LogP contribution in [-0.2, 0) is 6.42 Å². The maximum Gasteiger partial charge on any atom is 0.275 e. The second kappa shape index (κ2) is 8.75. The molecule has 1 aromatic heterocycles. The molecule has 0 aliphatic rings. The van der Waals surface area contributed by atoms with Gasteiger partial charge in [0.1, 0.15) is 23.1 Å². The molecule has 0 aliphatic heterocycles. The van der Waals surface area contributed by atoms with Crippen LogP contribution in [0.4, 0.5) is 15.9 Å². The third kappa shape index (κ3) is 5.24. The molecule has 0 spiro atoms. The van der Waals surface area contributed by atoms with Crippen LogP contribution >= 0.6 is 0 Å². The minimum atomic E-state index is -0.406. The predicted molar refractivity (Wildman–Crippen MR) is 102 cm³/mol. The average molecular weight is 366 g/mol. The fraction of sp³-hybridized carbons (Fsp3) is 0.150. The van der Waals surface area contributed by atoms with Crippen LogP contribution in [0, 0.1) is 5.82 Å². The number of anilines is 2. The second-order valence-corrected chi connectivity index (χ2v) is 5.78. The van der Waals surface area contributed by atoms with E-state index in [4.69, 9.17) is 4.74 Å². The molecule has 0 saturated carbocycles. The number of hydrogen-bond acceptors (Lipinski definition) is 5. The maximum atomic E-state index is 12.9. The van der Waals surface area contributed by atoms with Crippen LogP contribution in [0.1, 0.15) is 16.1 Å². The van der Waals surface area contributed by atoms with E-state index < -0.39 is 5.91 Å². The van der Waals surface area contributed by atoms with E-state index >= 15 is 0 Å². The van der Waals surface area contributed by atoms with Crippen molar-refractivity contribution >= 4 is 17.4 Å². The zero-order valence-electron chi connectivity index (χ0n) is 14.8. The summed E-state index contributed by atoms with van der Waals surface area (Å²) in [6.45, 7) is 0.670. The van der Waals surface area contributed by atoms with E-state index in [9.17, 15) is 9.18 Å². The van der Waals surface area contributed by atoms with Gasteiger partial charge in [-0.25, -0.2) is 14.4 Å². The standard InChI is InChI=1S/C20H19FN4O2/c1-27-17-4-2-3-14(11-17)9-10-22-19-13-23-18(12-24-19)20(26)25-16-7-5-15(21)6-8-16/h2-8,11-13H,9-10H2,1H3,(H,22,24)(H,25,26). The Hall–Kier alpha value is -3.48. The molecule has 7 heteroatoms. The highest BCUT2D eigenvalue weighted by atomic mass is 19.1. The van der Waals surface area contributed by atoms with Crippen LogP contribution in [0.25, 0.3) is 0 Å². The molecule has 0 aliphatic carbocycles. The molecule has 0 radical (unpaired) electrons. The van der Waals surface area contributed by atoms with Crippen LogP contribution in [0.15, 0.2) is 60.9 Å². The summed E-state index contributed by atoms with van der Waals surface area (Å²) in [5, 5.41) is 5.80. The molecule has 3 aromatic rings. The lowest BCUT2D eigenvalue weighted by atomic mass is 10.1. The van der Waals surface area contributed by atoms with E-state index in [1.807, 2.05) is 24.3 Å². The first kappa shape index (κ1) is 18.3.